The Balaban J connectivity index is 1.83. The van der Waals surface area contributed by atoms with E-state index in [9.17, 15) is 5.11 Å². The molecule has 17 heavy (non-hydrogen) atoms. The van der Waals surface area contributed by atoms with Gasteiger partial charge >= 0.3 is 0 Å². The second kappa shape index (κ2) is 5.78. The average Bonchev–Trinajstić information content (AvgIpc) is 2.34. The number of hydrogen-bond acceptors (Lipinski definition) is 2. The van der Waals surface area contributed by atoms with E-state index in [-0.39, 0.29) is 0 Å². The van der Waals surface area contributed by atoms with E-state index in [4.69, 9.17) is 0 Å². The maximum Gasteiger partial charge on any atom is 0.115 e. The number of phenolic OH excluding ortho intramolecular Hbond substituents is 1. The normalized spacial score (nSPS) is 10.4. The van der Waals surface area contributed by atoms with Crippen LogP contribution in [0.2, 0.25) is 0 Å². The van der Waals surface area contributed by atoms with Crippen LogP contribution in [0.25, 0.3) is 0 Å². The van der Waals surface area contributed by atoms with Gasteiger partial charge in [-0.2, -0.15) is 11.8 Å². The highest BCUT2D eigenvalue weighted by atomic mass is 32.2. The molecule has 0 radical (unpaired) electrons. The molecule has 0 amide bonds. The van der Waals surface area contributed by atoms with Crippen molar-refractivity contribution in [2.24, 2.45) is 0 Å². The number of aromatic hydroxyl groups is 1. The summed E-state index contributed by atoms with van der Waals surface area (Å²) in [6.07, 6.45) is 0. The molecule has 0 unspecified atom stereocenters. The Morgan fingerprint density at radius 1 is 0.824 bits per heavy atom. The number of aryl methyl sites for hydroxylation is 1. The largest absolute Gasteiger partial charge is 0.508 e. The van der Waals surface area contributed by atoms with Crippen molar-refractivity contribution >= 4 is 11.8 Å². The fourth-order valence-electron chi connectivity index (χ4n) is 1.56. The van der Waals surface area contributed by atoms with Crippen LogP contribution in [0, 0.1) is 6.92 Å². The van der Waals surface area contributed by atoms with Gasteiger partial charge in [0, 0.05) is 11.5 Å². The van der Waals surface area contributed by atoms with Gasteiger partial charge in [-0.1, -0.05) is 42.0 Å². The maximum absolute atomic E-state index is 9.18. The molecule has 88 valence electrons. The second-order valence-electron chi connectivity index (χ2n) is 4.14. The molecule has 2 aromatic carbocycles. The Bertz CT molecular complexity index is 414. The van der Waals surface area contributed by atoms with Crippen LogP contribution < -0.4 is 0 Å². The zero-order valence-corrected chi connectivity index (χ0v) is 10.7. The van der Waals surface area contributed by atoms with Crippen molar-refractivity contribution in [3.05, 3.63) is 65.2 Å². The van der Waals surface area contributed by atoms with Gasteiger partial charge in [0.2, 0.25) is 0 Å². The summed E-state index contributed by atoms with van der Waals surface area (Å²) in [6, 6.07) is 16.1. The van der Waals surface area contributed by atoms with Crippen molar-refractivity contribution in [3.63, 3.8) is 0 Å². The molecular weight excluding hydrogens is 228 g/mol. The topological polar surface area (TPSA) is 20.2 Å². The minimum Gasteiger partial charge on any atom is -0.508 e. The molecule has 0 aromatic heterocycles. The molecule has 2 heteroatoms. The van der Waals surface area contributed by atoms with Gasteiger partial charge in [-0.15, -0.1) is 0 Å². The lowest BCUT2D eigenvalue weighted by molar-refractivity contribution is 0.475. The Hall–Kier alpha value is -1.41. The molecule has 0 saturated carbocycles. The van der Waals surface area contributed by atoms with Crippen LogP contribution in [-0.2, 0) is 11.5 Å². The molecule has 0 saturated heterocycles. The first-order chi connectivity index (χ1) is 8.24. The van der Waals surface area contributed by atoms with Gasteiger partial charge in [0.15, 0.2) is 0 Å². The number of thioether (sulfide) groups is 1. The highest BCUT2D eigenvalue weighted by Crippen LogP contribution is 2.19. The van der Waals surface area contributed by atoms with Gasteiger partial charge < -0.3 is 5.11 Å². The van der Waals surface area contributed by atoms with Gasteiger partial charge in [-0.25, -0.2) is 0 Å². The van der Waals surface area contributed by atoms with Crippen LogP contribution in [0.5, 0.6) is 5.75 Å². The van der Waals surface area contributed by atoms with E-state index in [1.807, 2.05) is 23.9 Å². The molecule has 0 heterocycles. The number of phenols is 1. The molecule has 2 rings (SSSR count). The summed E-state index contributed by atoms with van der Waals surface area (Å²) in [7, 11) is 0. The quantitative estimate of drug-likeness (QED) is 0.872. The van der Waals surface area contributed by atoms with Crippen molar-refractivity contribution < 1.29 is 5.11 Å². The predicted molar refractivity (Wildman–Crippen MR) is 74.3 cm³/mol. The van der Waals surface area contributed by atoms with E-state index >= 15 is 0 Å². The van der Waals surface area contributed by atoms with Crippen LogP contribution in [0.4, 0.5) is 0 Å². The first-order valence-electron chi connectivity index (χ1n) is 5.65. The van der Waals surface area contributed by atoms with E-state index in [1.54, 1.807) is 12.1 Å². The molecule has 0 fully saturated rings. The van der Waals surface area contributed by atoms with Crippen molar-refractivity contribution in [2.45, 2.75) is 18.4 Å². The van der Waals surface area contributed by atoms with Gasteiger partial charge in [-0.05, 0) is 30.2 Å². The van der Waals surface area contributed by atoms with Gasteiger partial charge in [0.05, 0.1) is 0 Å². The third-order valence-electron chi connectivity index (χ3n) is 2.59. The van der Waals surface area contributed by atoms with Crippen molar-refractivity contribution in [2.75, 3.05) is 0 Å². The summed E-state index contributed by atoms with van der Waals surface area (Å²) in [6.45, 7) is 2.10. The Morgan fingerprint density at radius 2 is 1.29 bits per heavy atom. The fraction of sp³-hybridized carbons (Fsp3) is 0.200. The first kappa shape index (κ1) is 12.1. The van der Waals surface area contributed by atoms with E-state index < -0.39 is 0 Å². The summed E-state index contributed by atoms with van der Waals surface area (Å²) < 4.78 is 0. The SMILES string of the molecule is Cc1ccc(CSCc2ccc(O)cc2)cc1. The molecule has 0 aliphatic heterocycles. The summed E-state index contributed by atoms with van der Waals surface area (Å²) in [5, 5.41) is 9.18. The third-order valence-corrected chi connectivity index (χ3v) is 3.67. The molecule has 0 atom stereocenters. The maximum atomic E-state index is 9.18. The van der Waals surface area contributed by atoms with E-state index in [1.165, 1.54) is 16.7 Å². The van der Waals surface area contributed by atoms with Crippen molar-refractivity contribution in [1.29, 1.82) is 0 Å². The zero-order valence-electron chi connectivity index (χ0n) is 9.89. The third kappa shape index (κ3) is 3.82. The average molecular weight is 244 g/mol. The highest BCUT2D eigenvalue weighted by Gasteiger charge is 1.96. The van der Waals surface area contributed by atoms with Crippen LogP contribution in [-0.4, -0.2) is 5.11 Å². The van der Waals surface area contributed by atoms with Crippen LogP contribution in [0.1, 0.15) is 16.7 Å². The van der Waals surface area contributed by atoms with Gasteiger partial charge in [0.1, 0.15) is 5.75 Å². The van der Waals surface area contributed by atoms with Crippen LogP contribution in [0.15, 0.2) is 48.5 Å². The first-order valence-corrected chi connectivity index (χ1v) is 6.81. The predicted octanol–water partition coefficient (Wildman–Crippen LogP) is 4.13. The standard InChI is InChI=1S/C15H16OS/c1-12-2-4-13(5-3-12)10-17-11-14-6-8-15(16)9-7-14/h2-9,16H,10-11H2,1H3. The molecule has 0 aliphatic rings. The molecule has 2 aromatic rings. The summed E-state index contributed by atoms with van der Waals surface area (Å²) in [4.78, 5) is 0. The van der Waals surface area contributed by atoms with Crippen molar-refractivity contribution in [3.8, 4) is 5.75 Å². The number of rotatable bonds is 4. The Labute approximate surface area is 107 Å². The lowest BCUT2D eigenvalue weighted by Crippen LogP contribution is -1.83. The molecule has 1 N–H and O–H groups in total. The summed E-state index contributed by atoms with van der Waals surface area (Å²) >= 11 is 1.89. The van der Waals surface area contributed by atoms with Crippen LogP contribution >= 0.6 is 11.8 Å². The molecular formula is C15H16OS. The summed E-state index contributed by atoms with van der Waals surface area (Å²) in [5.41, 5.74) is 3.91. The van der Waals surface area contributed by atoms with Crippen molar-refractivity contribution in [1.82, 2.24) is 0 Å². The van der Waals surface area contributed by atoms with Crippen LogP contribution in [0.3, 0.4) is 0 Å². The van der Waals surface area contributed by atoms with E-state index in [0.29, 0.717) is 5.75 Å². The number of benzene rings is 2. The number of hydrogen-bond donors (Lipinski definition) is 1. The lowest BCUT2D eigenvalue weighted by Gasteiger charge is -2.03. The van der Waals surface area contributed by atoms with Gasteiger partial charge in [0.25, 0.3) is 0 Å². The van der Waals surface area contributed by atoms with Gasteiger partial charge in [-0.3, -0.25) is 0 Å². The van der Waals surface area contributed by atoms with E-state index in [2.05, 4.69) is 31.2 Å². The Kier molecular flexibility index (Phi) is 4.10. The highest BCUT2D eigenvalue weighted by molar-refractivity contribution is 7.97. The van der Waals surface area contributed by atoms with E-state index in [0.717, 1.165) is 11.5 Å². The Morgan fingerprint density at radius 3 is 1.82 bits per heavy atom. The minimum atomic E-state index is 0.331. The molecule has 0 bridgehead atoms. The molecule has 1 nitrogen and oxygen atoms in total. The molecule has 0 aliphatic carbocycles. The second-order valence-corrected chi connectivity index (χ2v) is 5.13. The smallest absolute Gasteiger partial charge is 0.115 e. The monoisotopic (exact) mass is 244 g/mol. The lowest BCUT2D eigenvalue weighted by atomic mass is 10.2. The molecule has 0 spiro atoms. The summed E-state index contributed by atoms with van der Waals surface area (Å²) in [5.74, 6) is 2.34. The fourth-order valence-corrected chi connectivity index (χ4v) is 2.52. The minimum absolute atomic E-state index is 0.331. The zero-order chi connectivity index (χ0) is 12.1.